The maximum Gasteiger partial charge on any atom is 0.414 e. The molecule has 0 aromatic rings. The molecule has 0 unspecified atom stereocenters. The van der Waals surface area contributed by atoms with Crippen LogP contribution in [0.5, 0.6) is 0 Å². The van der Waals surface area contributed by atoms with Crippen molar-refractivity contribution < 1.29 is 24.6 Å². The molecule has 0 atom stereocenters. The SMILES string of the molecule is O=C(O)N1CCN(C(=O)O)C(=O)C1. The van der Waals surface area contributed by atoms with Crippen LogP contribution in [0.1, 0.15) is 0 Å². The van der Waals surface area contributed by atoms with E-state index in [1.165, 1.54) is 0 Å². The molecule has 0 aliphatic carbocycles. The highest BCUT2D eigenvalue weighted by Gasteiger charge is 2.30. The van der Waals surface area contributed by atoms with Crippen molar-refractivity contribution >= 4 is 18.1 Å². The van der Waals surface area contributed by atoms with Gasteiger partial charge in [-0.05, 0) is 0 Å². The predicted molar refractivity (Wildman–Crippen MR) is 39.3 cm³/mol. The Balaban J connectivity index is 2.62. The molecule has 1 heterocycles. The first-order chi connectivity index (χ1) is 6.02. The molecule has 0 bridgehead atoms. The molecule has 0 aromatic heterocycles. The van der Waals surface area contributed by atoms with Crippen LogP contribution in [0.3, 0.4) is 0 Å². The van der Waals surface area contributed by atoms with Gasteiger partial charge in [0.2, 0.25) is 0 Å². The lowest BCUT2D eigenvalue weighted by Crippen LogP contribution is -2.53. The molecule has 1 aliphatic rings. The molecule has 1 aliphatic heterocycles. The maximum absolute atomic E-state index is 11.0. The van der Waals surface area contributed by atoms with Crippen LogP contribution in [0.15, 0.2) is 0 Å². The summed E-state index contributed by atoms with van der Waals surface area (Å²) in [6.45, 7) is -0.449. The van der Waals surface area contributed by atoms with Gasteiger partial charge in [0.15, 0.2) is 0 Å². The second kappa shape index (κ2) is 3.30. The third-order valence-corrected chi connectivity index (χ3v) is 1.72. The molecular formula is C6H8N2O5. The minimum absolute atomic E-state index is 0.0351. The second-order valence-electron chi connectivity index (χ2n) is 2.53. The van der Waals surface area contributed by atoms with E-state index in [0.717, 1.165) is 4.90 Å². The molecule has 13 heavy (non-hydrogen) atoms. The number of imide groups is 1. The summed E-state index contributed by atoms with van der Waals surface area (Å²) in [6, 6.07) is 0. The normalized spacial score (nSPS) is 17.4. The number of piperazine rings is 1. The highest BCUT2D eigenvalue weighted by molar-refractivity contribution is 5.94. The van der Waals surface area contributed by atoms with Crippen molar-refractivity contribution in [1.29, 1.82) is 0 Å². The molecule has 0 saturated carbocycles. The maximum atomic E-state index is 11.0. The summed E-state index contributed by atoms with van der Waals surface area (Å²) in [4.78, 5) is 33.2. The Kier molecular flexibility index (Phi) is 2.36. The van der Waals surface area contributed by atoms with Crippen molar-refractivity contribution in [3.8, 4) is 0 Å². The molecule has 1 saturated heterocycles. The fourth-order valence-corrected chi connectivity index (χ4v) is 1.04. The first-order valence-electron chi connectivity index (χ1n) is 3.53. The van der Waals surface area contributed by atoms with E-state index in [2.05, 4.69) is 0 Å². The van der Waals surface area contributed by atoms with Crippen LogP contribution >= 0.6 is 0 Å². The lowest BCUT2D eigenvalue weighted by molar-refractivity contribution is -0.132. The lowest BCUT2D eigenvalue weighted by Gasteiger charge is -2.29. The smallest absolute Gasteiger partial charge is 0.414 e. The molecule has 0 aromatic carbocycles. The molecule has 1 fully saturated rings. The van der Waals surface area contributed by atoms with Crippen molar-refractivity contribution in [2.24, 2.45) is 0 Å². The van der Waals surface area contributed by atoms with Gasteiger partial charge in [-0.1, -0.05) is 0 Å². The number of hydrogen-bond donors (Lipinski definition) is 2. The van der Waals surface area contributed by atoms with Crippen LogP contribution in [0.25, 0.3) is 0 Å². The van der Waals surface area contributed by atoms with Gasteiger partial charge in [-0.25, -0.2) is 14.5 Å². The van der Waals surface area contributed by atoms with Crippen LogP contribution in [-0.4, -0.2) is 57.7 Å². The van der Waals surface area contributed by atoms with Gasteiger partial charge in [0, 0.05) is 13.1 Å². The monoisotopic (exact) mass is 188 g/mol. The topological polar surface area (TPSA) is 98.2 Å². The van der Waals surface area contributed by atoms with Gasteiger partial charge in [0.1, 0.15) is 6.54 Å². The Morgan fingerprint density at radius 1 is 1.15 bits per heavy atom. The minimum atomic E-state index is -1.34. The summed E-state index contributed by atoms with van der Waals surface area (Å²) >= 11 is 0. The molecule has 2 N–H and O–H groups in total. The number of nitrogens with zero attached hydrogens (tertiary/aromatic N) is 2. The molecule has 1 rings (SSSR count). The zero-order valence-electron chi connectivity index (χ0n) is 6.63. The van der Waals surface area contributed by atoms with Crippen molar-refractivity contribution in [2.45, 2.75) is 0 Å². The molecule has 7 nitrogen and oxygen atoms in total. The van der Waals surface area contributed by atoms with Gasteiger partial charge in [0.05, 0.1) is 0 Å². The number of carboxylic acid groups (broad SMARTS) is 2. The van der Waals surface area contributed by atoms with Crippen LogP contribution in [0.2, 0.25) is 0 Å². The van der Waals surface area contributed by atoms with E-state index in [1.807, 2.05) is 0 Å². The Morgan fingerprint density at radius 2 is 1.77 bits per heavy atom. The van der Waals surface area contributed by atoms with Crippen molar-refractivity contribution in [2.75, 3.05) is 19.6 Å². The summed E-state index contributed by atoms with van der Waals surface area (Å²) in [5.74, 6) is -0.707. The summed E-state index contributed by atoms with van der Waals surface area (Å²) in [7, 11) is 0. The highest BCUT2D eigenvalue weighted by Crippen LogP contribution is 2.03. The molecule has 7 heteroatoms. The molecular weight excluding hydrogens is 180 g/mol. The Bertz CT molecular complexity index is 264. The van der Waals surface area contributed by atoms with Gasteiger partial charge in [-0.15, -0.1) is 0 Å². The van der Waals surface area contributed by atoms with Crippen LogP contribution in [0.4, 0.5) is 9.59 Å². The number of carbonyl (C=O) groups excluding carboxylic acids is 1. The molecule has 72 valence electrons. The third-order valence-electron chi connectivity index (χ3n) is 1.72. The predicted octanol–water partition coefficient (Wildman–Crippen LogP) is -0.513. The number of carbonyl (C=O) groups is 3. The van der Waals surface area contributed by atoms with Crippen LogP contribution in [0, 0.1) is 0 Å². The van der Waals surface area contributed by atoms with E-state index in [1.54, 1.807) is 0 Å². The standard InChI is InChI=1S/C6H8N2O5/c9-4-3-7(5(10)11)1-2-8(4)6(12)13/h1-3H2,(H,10,11)(H,12,13). The van der Waals surface area contributed by atoms with E-state index in [-0.39, 0.29) is 19.6 Å². The number of rotatable bonds is 0. The summed E-state index contributed by atoms with van der Waals surface area (Å²) in [5, 5.41) is 17.0. The number of amides is 3. The average molecular weight is 188 g/mol. The molecule has 3 amide bonds. The average Bonchev–Trinajstić information content (AvgIpc) is 2.03. The summed E-state index contributed by atoms with van der Waals surface area (Å²) in [6.07, 6.45) is -2.55. The van der Waals surface area contributed by atoms with Crippen molar-refractivity contribution in [1.82, 2.24) is 9.80 Å². The van der Waals surface area contributed by atoms with Gasteiger partial charge >= 0.3 is 12.2 Å². The first kappa shape index (κ1) is 9.30. The fraction of sp³-hybridized carbons (Fsp3) is 0.500. The van der Waals surface area contributed by atoms with Gasteiger partial charge in [-0.3, -0.25) is 9.69 Å². The highest BCUT2D eigenvalue weighted by atomic mass is 16.4. The Labute approximate surface area is 73.2 Å². The van der Waals surface area contributed by atoms with Crippen molar-refractivity contribution in [3.05, 3.63) is 0 Å². The van der Waals surface area contributed by atoms with Crippen LogP contribution < -0.4 is 0 Å². The van der Waals surface area contributed by atoms with E-state index in [9.17, 15) is 14.4 Å². The van der Waals surface area contributed by atoms with E-state index < -0.39 is 18.1 Å². The third kappa shape index (κ3) is 1.86. The largest absolute Gasteiger partial charge is 0.465 e. The van der Waals surface area contributed by atoms with E-state index >= 15 is 0 Å². The molecule has 0 radical (unpaired) electrons. The Morgan fingerprint density at radius 3 is 2.15 bits per heavy atom. The number of hydrogen-bond acceptors (Lipinski definition) is 3. The van der Waals surface area contributed by atoms with Crippen molar-refractivity contribution in [3.63, 3.8) is 0 Å². The van der Waals surface area contributed by atoms with Crippen LogP contribution in [-0.2, 0) is 4.79 Å². The van der Waals surface area contributed by atoms with Gasteiger partial charge in [0.25, 0.3) is 5.91 Å². The minimum Gasteiger partial charge on any atom is -0.465 e. The zero-order chi connectivity index (χ0) is 10.0. The second-order valence-corrected chi connectivity index (χ2v) is 2.53. The van der Waals surface area contributed by atoms with E-state index in [4.69, 9.17) is 10.2 Å². The van der Waals surface area contributed by atoms with E-state index in [0.29, 0.717) is 4.90 Å². The van der Waals surface area contributed by atoms with Gasteiger partial charge < -0.3 is 10.2 Å². The molecule has 0 spiro atoms. The summed E-state index contributed by atoms with van der Waals surface area (Å²) < 4.78 is 0. The first-order valence-corrected chi connectivity index (χ1v) is 3.53. The zero-order valence-corrected chi connectivity index (χ0v) is 6.63. The summed E-state index contributed by atoms with van der Waals surface area (Å²) in [5.41, 5.74) is 0. The fourth-order valence-electron chi connectivity index (χ4n) is 1.04. The quantitative estimate of drug-likeness (QED) is 0.533. The van der Waals surface area contributed by atoms with Gasteiger partial charge in [-0.2, -0.15) is 0 Å². The Hall–Kier alpha value is -1.79. The lowest BCUT2D eigenvalue weighted by atomic mass is 10.3.